The van der Waals surface area contributed by atoms with Gasteiger partial charge in [0.1, 0.15) is 18.1 Å². The van der Waals surface area contributed by atoms with Crippen molar-refractivity contribution >= 4 is 74.4 Å². The SMILES string of the molecule is O=C1N/C(=C/c2ccc(OCc3ccc(Cl)cc3Cl)c(Br)c2)C(=O)N1c1ccc(Cl)cc1. The number of ether oxygens (including phenoxy) is 1. The van der Waals surface area contributed by atoms with Gasteiger partial charge in [0, 0.05) is 20.6 Å². The van der Waals surface area contributed by atoms with Crippen LogP contribution < -0.4 is 15.0 Å². The molecule has 0 unspecified atom stereocenters. The first-order valence-corrected chi connectivity index (χ1v) is 11.2. The molecule has 1 fully saturated rings. The molecule has 0 bridgehead atoms. The van der Waals surface area contributed by atoms with E-state index in [1.165, 1.54) is 0 Å². The van der Waals surface area contributed by atoms with E-state index in [1.54, 1.807) is 66.7 Å². The summed E-state index contributed by atoms with van der Waals surface area (Å²) in [5.74, 6) is 0.147. The highest BCUT2D eigenvalue weighted by Crippen LogP contribution is 2.30. The second-order valence-corrected chi connectivity index (χ2v) is 8.95. The number of halogens is 4. The third-order valence-electron chi connectivity index (χ3n) is 4.63. The highest BCUT2D eigenvalue weighted by Gasteiger charge is 2.34. The molecular weight excluding hydrogens is 539 g/mol. The Morgan fingerprint density at radius 2 is 1.66 bits per heavy atom. The van der Waals surface area contributed by atoms with Gasteiger partial charge in [-0.2, -0.15) is 0 Å². The van der Waals surface area contributed by atoms with Gasteiger partial charge in [-0.1, -0.05) is 46.9 Å². The molecule has 0 aliphatic carbocycles. The number of imide groups is 1. The Balaban J connectivity index is 1.49. The molecule has 162 valence electrons. The number of benzene rings is 3. The average Bonchev–Trinajstić information content (AvgIpc) is 3.02. The van der Waals surface area contributed by atoms with Crippen molar-refractivity contribution in [1.82, 2.24) is 5.32 Å². The Labute approximate surface area is 207 Å². The standard InChI is InChI=1S/C23H14BrCl3N2O3/c24-18-9-13(1-8-21(18)32-12-14-2-3-16(26)11-19(14)27)10-20-22(30)29(23(31)28-20)17-6-4-15(25)5-7-17/h1-11H,12H2,(H,28,31)/b20-10+. The van der Waals surface area contributed by atoms with E-state index in [1.807, 2.05) is 0 Å². The smallest absolute Gasteiger partial charge is 0.333 e. The fourth-order valence-corrected chi connectivity index (χ4v) is 4.14. The summed E-state index contributed by atoms with van der Waals surface area (Å²) in [6.07, 6.45) is 1.60. The first-order chi connectivity index (χ1) is 15.3. The number of nitrogens with one attached hydrogen (secondary N) is 1. The van der Waals surface area contributed by atoms with Gasteiger partial charge in [0.15, 0.2) is 0 Å². The van der Waals surface area contributed by atoms with Crippen molar-refractivity contribution in [3.63, 3.8) is 0 Å². The fraction of sp³-hybridized carbons (Fsp3) is 0.0435. The van der Waals surface area contributed by atoms with E-state index in [0.29, 0.717) is 36.5 Å². The molecule has 9 heteroatoms. The van der Waals surface area contributed by atoms with Crippen LogP contribution in [0.3, 0.4) is 0 Å². The fourth-order valence-electron chi connectivity index (χ4n) is 3.04. The van der Waals surface area contributed by atoms with Crippen LogP contribution in [-0.4, -0.2) is 11.9 Å². The van der Waals surface area contributed by atoms with Gasteiger partial charge in [-0.25, -0.2) is 9.69 Å². The molecular formula is C23H14BrCl3N2O3. The minimum Gasteiger partial charge on any atom is -0.488 e. The largest absolute Gasteiger partial charge is 0.488 e. The van der Waals surface area contributed by atoms with Crippen LogP contribution in [0.5, 0.6) is 5.75 Å². The molecule has 1 heterocycles. The van der Waals surface area contributed by atoms with E-state index in [0.717, 1.165) is 10.5 Å². The number of carbonyl (C=O) groups excluding carboxylic acids is 2. The van der Waals surface area contributed by atoms with Gasteiger partial charge < -0.3 is 10.1 Å². The van der Waals surface area contributed by atoms with Crippen molar-refractivity contribution in [3.8, 4) is 5.75 Å². The molecule has 1 aliphatic rings. The van der Waals surface area contributed by atoms with Crippen LogP contribution in [0.4, 0.5) is 10.5 Å². The molecule has 1 saturated heterocycles. The first kappa shape index (κ1) is 22.7. The lowest BCUT2D eigenvalue weighted by Gasteiger charge is -2.11. The summed E-state index contributed by atoms with van der Waals surface area (Å²) in [5.41, 5.74) is 2.11. The quantitative estimate of drug-likeness (QED) is 0.272. The Bertz CT molecular complexity index is 1250. The second kappa shape index (κ2) is 9.55. The molecule has 3 aromatic rings. The van der Waals surface area contributed by atoms with Crippen LogP contribution in [0.25, 0.3) is 6.08 Å². The lowest BCUT2D eigenvalue weighted by molar-refractivity contribution is -0.113. The lowest BCUT2D eigenvalue weighted by atomic mass is 10.1. The number of amides is 3. The molecule has 32 heavy (non-hydrogen) atoms. The molecule has 4 rings (SSSR count). The first-order valence-electron chi connectivity index (χ1n) is 9.31. The van der Waals surface area contributed by atoms with E-state index in [9.17, 15) is 9.59 Å². The summed E-state index contributed by atoms with van der Waals surface area (Å²) in [6.45, 7) is 0.264. The van der Waals surface area contributed by atoms with E-state index in [2.05, 4.69) is 21.2 Å². The number of hydrogen-bond acceptors (Lipinski definition) is 3. The van der Waals surface area contributed by atoms with Crippen molar-refractivity contribution in [2.24, 2.45) is 0 Å². The van der Waals surface area contributed by atoms with Gasteiger partial charge in [-0.3, -0.25) is 4.79 Å². The number of urea groups is 1. The molecule has 0 radical (unpaired) electrons. The zero-order chi connectivity index (χ0) is 22.8. The van der Waals surface area contributed by atoms with Gasteiger partial charge in [0.05, 0.1) is 10.2 Å². The van der Waals surface area contributed by atoms with E-state index in [-0.39, 0.29) is 12.3 Å². The van der Waals surface area contributed by atoms with Gasteiger partial charge in [0.25, 0.3) is 5.91 Å². The monoisotopic (exact) mass is 550 g/mol. The summed E-state index contributed by atoms with van der Waals surface area (Å²) in [4.78, 5) is 26.1. The predicted octanol–water partition coefficient (Wildman–Crippen LogP) is 7.09. The topological polar surface area (TPSA) is 58.6 Å². The van der Waals surface area contributed by atoms with Crippen molar-refractivity contribution < 1.29 is 14.3 Å². The minimum atomic E-state index is -0.526. The zero-order valence-corrected chi connectivity index (χ0v) is 20.1. The lowest BCUT2D eigenvalue weighted by Crippen LogP contribution is -2.30. The second-order valence-electron chi connectivity index (χ2n) is 6.82. The molecule has 0 saturated carbocycles. The summed E-state index contributed by atoms with van der Waals surface area (Å²) in [5, 5.41) is 4.20. The van der Waals surface area contributed by atoms with Crippen LogP contribution >= 0.6 is 50.7 Å². The Morgan fingerprint density at radius 1 is 0.938 bits per heavy atom. The number of carbonyl (C=O) groups is 2. The van der Waals surface area contributed by atoms with Gasteiger partial charge in [-0.05, 0) is 76.1 Å². The molecule has 1 aliphatic heterocycles. The van der Waals surface area contributed by atoms with Crippen LogP contribution in [0, 0.1) is 0 Å². The van der Waals surface area contributed by atoms with Gasteiger partial charge in [0.2, 0.25) is 0 Å². The summed E-state index contributed by atoms with van der Waals surface area (Å²) >= 11 is 21.5. The summed E-state index contributed by atoms with van der Waals surface area (Å²) in [7, 11) is 0. The highest BCUT2D eigenvalue weighted by atomic mass is 79.9. The third-order valence-corrected chi connectivity index (χ3v) is 6.09. The van der Waals surface area contributed by atoms with Crippen molar-refractivity contribution in [2.45, 2.75) is 6.61 Å². The number of hydrogen-bond donors (Lipinski definition) is 1. The zero-order valence-electron chi connectivity index (χ0n) is 16.2. The molecule has 5 nitrogen and oxygen atoms in total. The number of nitrogens with zero attached hydrogens (tertiary/aromatic N) is 1. The van der Waals surface area contributed by atoms with E-state index >= 15 is 0 Å². The molecule has 0 atom stereocenters. The number of anilines is 1. The van der Waals surface area contributed by atoms with Gasteiger partial charge in [-0.15, -0.1) is 0 Å². The van der Waals surface area contributed by atoms with Crippen molar-refractivity contribution in [3.05, 3.63) is 97.0 Å². The average molecular weight is 553 g/mol. The molecule has 0 aromatic heterocycles. The van der Waals surface area contributed by atoms with Gasteiger partial charge >= 0.3 is 6.03 Å². The molecule has 0 spiro atoms. The summed E-state index contributed by atoms with van der Waals surface area (Å²) < 4.78 is 6.52. The normalized spacial score (nSPS) is 14.8. The minimum absolute atomic E-state index is 0.165. The van der Waals surface area contributed by atoms with E-state index in [4.69, 9.17) is 39.5 Å². The van der Waals surface area contributed by atoms with Crippen LogP contribution in [0.1, 0.15) is 11.1 Å². The predicted molar refractivity (Wildman–Crippen MR) is 130 cm³/mol. The maximum absolute atomic E-state index is 12.8. The highest BCUT2D eigenvalue weighted by molar-refractivity contribution is 9.10. The maximum Gasteiger partial charge on any atom is 0.333 e. The Kier molecular flexibility index (Phi) is 6.76. The van der Waals surface area contributed by atoms with Crippen LogP contribution in [0.2, 0.25) is 15.1 Å². The van der Waals surface area contributed by atoms with Crippen molar-refractivity contribution in [1.29, 1.82) is 0 Å². The van der Waals surface area contributed by atoms with Crippen LogP contribution in [0.15, 0.2) is 70.8 Å². The maximum atomic E-state index is 12.8. The molecule has 1 N–H and O–H groups in total. The third kappa shape index (κ3) is 4.94. The molecule has 3 aromatic carbocycles. The Morgan fingerprint density at radius 3 is 2.34 bits per heavy atom. The Hall–Kier alpha value is -2.51. The van der Waals surface area contributed by atoms with Crippen molar-refractivity contribution in [2.75, 3.05) is 4.90 Å². The molecule has 3 amide bonds. The van der Waals surface area contributed by atoms with Crippen LogP contribution in [-0.2, 0) is 11.4 Å². The number of rotatable bonds is 5. The summed E-state index contributed by atoms with van der Waals surface area (Å²) in [6, 6.07) is 16.5. The van der Waals surface area contributed by atoms with E-state index < -0.39 is 11.9 Å².